The number of hydrogen-bond donors (Lipinski definition) is 2. The fraction of sp³-hybridized carbons (Fsp3) is 0.500. The molecule has 1 aromatic rings. The minimum absolute atomic E-state index is 0.0231. The Labute approximate surface area is 129 Å². The van der Waals surface area contributed by atoms with E-state index in [1.54, 1.807) is 0 Å². The van der Waals surface area contributed by atoms with Gasteiger partial charge in [0.15, 0.2) is 5.82 Å². The van der Waals surface area contributed by atoms with Gasteiger partial charge in [0.25, 0.3) is 0 Å². The van der Waals surface area contributed by atoms with Gasteiger partial charge in [-0.2, -0.15) is 9.57 Å². The minimum Gasteiger partial charge on any atom is -0.307 e. The SMILES string of the molecule is CC(C)CN(CCC#N)S(=O)(=O)c1cnc(NN)c(Cl)c1. The third-order valence-corrected chi connectivity index (χ3v) is 4.75. The average molecular weight is 332 g/mol. The van der Waals surface area contributed by atoms with Gasteiger partial charge in [-0.25, -0.2) is 19.2 Å². The molecule has 0 aliphatic rings. The second kappa shape index (κ2) is 7.56. The number of nitriles is 1. The van der Waals surface area contributed by atoms with Crippen LogP contribution in [0.3, 0.4) is 0 Å². The van der Waals surface area contributed by atoms with Crippen molar-refractivity contribution >= 4 is 27.4 Å². The average Bonchev–Trinajstić information content (AvgIpc) is 2.42. The summed E-state index contributed by atoms with van der Waals surface area (Å²) in [6.07, 6.45) is 1.31. The Hall–Kier alpha value is -1.40. The van der Waals surface area contributed by atoms with Crippen molar-refractivity contribution in [2.75, 3.05) is 18.5 Å². The number of nitrogen functional groups attached to an aromatic ring is 1. The third kappa shape index (κ3) is 4.54. The van der Waals surface area contributed by atoms with Crippen molar-refractivity contribution in [2.45, 2.75) is 25.2 Å². The van der Waals surface area contributed by atoms with E-state index in [2.05, 4.69) is 10.4 Å². The van der Waals surface area contributed by atoms with Crippen LogP contribution in [0.4, 0.5) is 5.82 Å². The zero-order chi connectivity index (χ0) is 16.0. The predicted octanol–water partition coefficient (Wildman–Crippen LogP) is 1.58. The topological polar surface area (TPSA) is 112 Å². The van der Waals surface area contributed by atoms with Gasteiger partial charge in [0, 0.05) is 25.7 Å². The summed E-state index contributed by atoms with van der Waals surface area (Å²) >= 11 is 5.91. The second-order valence-corrected chi connectivity index (χ2v) is 7.16. The fourth-order valence-corrected chi connectivity index (χ4v) is 3.57. The van der Waals surface area contributed by atoms with E-state index in [1.807, 2.05) is 19.9 Å². The number of nitrogens with two attached hydrogens (primary N) is 1. The highest BCUT2D eigenvalue weighted by molar-refractivity contribution is 7.89. The van der Waals surface area contributed by atoms with Crippen molar-refractivity contribution in [3.8, 4) is 6.07 Å². The van der Waals surface area contributed by atoms with Crippen LogP contribution in [0.1, 0.15) is 20.3 Å². The molecule has 0 aromatic carbocycles. The number of nitrogens with zero attached hydrogens (tertiary/aromatic N) is 3. The summed E-state index contributed by atoms with van der Waals surface area (Å²) in [6.45, 7) is 4.26. The number of halogens is 1. The minimum atomic E-state index is -3.75. The summed E-state index contributed by atoms with van der Waals surface area (Å²) < 4.78 is 26.5. The van der Waals surface area contributed by atoms with Crippen molar-refractivity contribution in [3.63, 3.8) is 0 Å². The molecule has 0 unspecified atom stereocenters. The first-order valence-electron chi connectivity index (χ1n) is 6.32. The molecule has 0 amide bonds. The first-order valence-corrected chi connectivity index (χ1v) is 8.14. The molecular formula is C12H18ClN5O2S. The lowest BCUT2D eigenvalue weighted by Gasteiger charge is -2.23. The summed E-state index contributed by atoms with van der Waals surface area (Å²) in [4.78, 5) is 3.84. The first-order chi connectivity index (χ1) is 9.82. The molecular weight excluding hydrogens is 314 g/mol. The largest absolute Gasteiger partial charge is 0.307 e. The molecule has 0 atom stereocenters. The number of aromatic nitrogens is 1. The van der Waals surface area contributed by atoms with Crippen LogP contribution in [0.25, 0.3) is 0 Å². The monoisotopic (exact) mass is 331 g/mol. The van der Waals surface area contributed by atoms with Crippen LogP contribution in [-0.2, 0) is 10.0 Å². The molecule has 0 saturated heterocycles. The maximum Gasteiger partial charge on any atom is 0.244 e. The van der Waals surface area contributed by atoms with Gasteiger partial charge >= 0.3 is 0 Å². The first kappa shape index (κ1) is 17.7. The van der Waals surface area contributed by atoms with E-state index >= 15 is 0 Å². The smallest absolute Gasteiger partial charge is 0.244 e. The summed E-state index contributed by atoms with van der Waals surface area (Å²) in [7, 11) is -3.75. The Balaban J connectivity index is 3.15. The van der Waals surface area contributed by atoms with Crippen LogP contribution in [-0.4, -0.2) is 30.8 Å². The van der Waals surface area contributed by atoms with Crippen molar-refractivity contribution in [1.82, 2.24) is 9.29 Å². The molecule has 0 aliphatic carbocycles. The highest BCUT2D eigenvalue weighted by Gasteiger charge is 2.26. The lowest BCUT2D eigenvalue weighted by molar-refractivity contribution is 0.373. The lowest BCUT2D eigenvalue weighted by Crippen LogP contribution is -2.35. The maximum absolute atomic E-state index is 12.6. The van der Waals surface area contributed by atoms with E-state index in [0.717, 1.165) is 0 Å². The maximum atomic E-state index is 12.6. The van der Waals surface area contributed by atoms with E-state index in [4.69, 9.17) is 22.7 Å². The quantitative estimate of drug-likeness (QED) is 0.579. The number of rotatable bonds is 7. The Morgan fingerprint density at radius 1 is 1.57 bits per heavy atom. The van der Waals surface area contributed by atoms with Gasteiger partial charge in [-0.3, -0.25) is 0 Å². The molecule has 0 fully saturated rings. The van der Waals surface area contributed by atoms with E-state index in [0.29, 0.717) is 6.54 Å². The summed E-state index contributed by atoms with van der Waals surface area (Å²) in [5.41, 5.74) is 2.28. The highest BCUT2D eigenvalue weighted by atomic mass is 35.5. The molecule has 0 spiro atoms. The van der Waals surface area contributed by atoms with E-state index in [-0.39, 0.29) is 34.6 Å². The van der Waals surface area contributed by atoms with Crippen LogP contribution in [0.15, 0.2) is 17.2 Å². The summed E-state index contributed by atoms with van der Waals surface area (Å²) in [5, 5.41) is 8.79. The number of nitrogens with one attached hydrogen (secondary N) is 1. The molecule has 1 aromatic heterocycles. The van der Waals surface area contributed by atoms with Gasteiger partial charge in [-0.1, -0.05) is 25.4 Å². The molecule has 0 aliphatic heterocycles. The number of pyridine rings is 1. The standard InChI is InChI=1S/C12H18ClN5O2S/c1-9(2)8-18(5-3-4-14)21(19,20)10-6-11(13)12(17-15)16-7-10/h6-7,9H,3,5,8,15H2,1-2H3,(H,16,17). The van der Waals surface area contributed by atoms with Crippen LogP contribution in [0, 0.1) is 17.2 Å². The fourth-order valence-electron chi connectivity index (χ4n) is 1.71. The van der Waals surface area contributed by atoms with Crippen molar-refractivity contribution < 1.29 is 8.42 Å². The van der Waals surface area contributed by atoms with Gasteiger partial charge in [-0.05, 0) is 12.0 Å². The van der Waals surface area contributed by atoms with Crippen LogP contribution >= 0.6 is 11.6 Å². The molecule has 7 nitrogen and oxygen atoms in total. The molecule has 0 radical (unpaired) electrons. The zero-order valence-electron chi connectivity index (χ0n) is 11.9. The Morgan fingerprint density at radius 3 is 2.71 bits per heavy atom. The lowest BCUT2D eigenvalue weighted by atomic mass is 10.2. The molecule has 21 heavy (non-hydrogen) atoms. The zero-order valence-corrected chi connectivity index (χ0v) is 13.4. The van der Waals surface area contributed by atoms with E-state index in [9.17, 15) is 8.42 Å². The number of hydrazine groups is 1. The highest BCUT2D eigenvalue weighted by Crippen LogP contribution is 2.24. The molecule has 0 bridgehead atoms. The van der Waals surface area contributed by atoms with Crippen LogP contribution in [0.5, 0.6) is 0 Å². The van der Waals surface area contributed by atoms with Crippen molar-refractivity contribution in [1.29, 1.82) is 5.26 Å². The normalized spacial score (nSPS) is 11.7. The predicted molar refractivity (Wildman–Crippen MR) is 80.9 cm³/mol. The third-order valence-electron chi connectivity index (χ3n) is 2.63. The number of sulfonamides is 1. The van der Waals surface area contributed by atoms with Gasteiger partial charge < -0.3 is 5.43 Å². The number of anilines is 1. The molecule has 1 heterocycles. The van der Waals surface area contributed by atoms with Crippen molar-refractivity contribution in [3.05, 3.63) is 17.3 Å². The van der Waals surface area contributed by atoms with E-state index in [1.165, 1.54) is 16.6 Å². The van der Waals surface area contributed by atoms with Gasteiger partial charge in [0.1, 0.15) is 4.90 Å². The Bertz CT molecular complexity index is 627. The number of hydrogen-bond acceptors (Lipinski definition) is 6. The molecule has 1 rings (SSSR count). The molecule has 9 heteroatoms. The molecule has 0 saturated carbocycles. The molecule has 3 N–H and O–H groups in total. The second-order valence-electron chi connectivity index (χ2n) is 4.81. The summed E-state index contributed by atoms with van der Waals surface area (Å²) in [6, 6.07) is 3.24. The van der Waals surface area contributed by atoms with E-state index < -0.39 is 10.0 Å². The van der Waals surface area contributed by atoms with Crippen LogP contribution in [0.2, 0.25) is 5.02 Å². The summed E-state index contributed by atoms with van der Waals surface area (Å²) in [5.74, 6) is 5.54. The van der Waals surface area contributed by atoms with Crippen LogP contribution < -0.4 is 11.3 Å². The Morgan fingerprint density at radius 2 is 2.24 bits per heavy atom. The van der Waals surface area contributed by atoms with Gasteiger partial charge in [0.05, 0.1) is 11.1 Å². The van der Waals surface area contributed by atoms with Gasteiger partial charge in [0.2, 0.25) is 10.0 Å². The molecule has 116 valence electrons. The Kier molecular flexibility index (Phi) is 6.36. The van der Waals surface area contributed by atoms with Crippen molar-refractivity contribution in [2.24, 2.45) is 11.8 Å². The van der Waals surface area contributed by atoms with Gasteiger partial charge in [-0.15, -0.1) is 0 Å².